The Morgan fingerprint density at radius 1 is 1.35 bits per heavy atom. The van der Waals surface area contributed by atoms with Crippen molar-refractivity contribution in [2.45, 2.75) is 26.7 Å². The van der Waals surface area contributed by atoms with Crippen LogP contribution >= 0.6 is 0 Å². The number of carbonyl (C=O) groups excluding carboxylic acids is 1. The van der Waals surface area contributed by atoms with Crippen molar-refractivity contribution < 1.29 is 9.53 Å². The average molecular weight is 279 g/mol. The van der Waals surface area contributed by atoms with Crippen LogP contribution in [0.5, 0.6) is 0 Å². The Labute approximate surface area is 121 Å². The lowest BCUT2D eigenvalue weighted by Gasteiger charge is -2.08. The molecule has 112 valence electrons. The van der Waals surface area contributed by atoms with E-state index in [0.717, 1.165) is 31.7 Å². The van der Waals surface area contributed by atoms with E-state index < -0.39 is 0 Å². The second-order valence-corrected chi connectivity index (χ2v) is 5.14. The fourth-order valence-corrected chi connectivity index (χ4v) is 1.65. The summed E-state index contributed by atoms with van der Waals surface area (Å²) in [6.45, 7) is 6.52. The van der Waals surface area contributed by atoms with Gasteiger partial charge < -0.3 is 15.4 Å². The third-order valence-electron chi connectivity index (χ3n) is 2.86. The highest BCUT2D eigenvalue weighted by atomic mass is 16.5. The fraction of sp³-hybridized carbons (Fsp3) is 0.600. The summed E-state index contributed by atoms with van der Waals surface area (Å²) in [5, 5.41) is 6.10. The van der Waals surface area contributed by atoms with Gasteiger partial charge in [0.15, 0.2) is 0 Å². The van der Waals surface area contributed by atoms with Gasteiger partial charge in [-0.25, -0.2) is 4.98 Å². The quantitative estimate of drug-likeness (QED) is 0.681. The molecule has 0 saturated carbocycles. The molecule has 0 aliphatic carbocycles. The van der Waals surface area contributed by atoms with Crippen molar-refractivity contribution in [1.29, 1.82) is 0 Å². The van der Waals surface area contributed by atoms with Gasteiger partial charge >= 0.3 is 0 Å². The topological polar surface area (TPSA) is 63.2 Å². The Bertz CT molecular complexity index is 391. The van der Waals surface area contributed by atoms with E-state index in [1.165, 1.54) is 0 Å². The molecule has 2 N–H and O–H groups in total. The summed E-state index contributed by atoms with van der Waals surface area (Å²) in [5.74, 6) is 0.471. The molecular weight excluding hydrogens is 254 g/mol. The first-order valence-corrected chi connectivity index (χ1v) is 7.10. The molecule has 0 unspecified atom stereocenters. The largest absolute Gasteiger partial charge is 0.385 e. The van der Waals surface area contributed by atoms with Gasteiger partial charge in [0.1, 0.15) is 5.69 Å². The van der Waals surface area contributed by atoms with Crippen LogP contribution in [-0.2, 0) is 4.74 Å². The third kappa shape index (κ3) is 6.52. The van der Waals surface area contributed by atoms with Crippen LogP contribution in [0.3, 0.4) is 0 Å². The minimum Gasteiger partial charge on any atom is -0.385 e. The first kappa shape index (κ1) is 16.4. The smallest absolute Gasteiger partial charge is 0.269 e. The van der Waals surface area contributed by atoms with E-state index in [9.17, 15) is 4.79 Å². The van der Waals surface area contributed by atoms with Crippen molar-refractivity contribution in [1.82, 2.24) is 10.3 Å². The summed E-state index contributed by atoms with van der Waals surface area (Å²) in [5.41, 5.74) is 1.37. The Kier molecular flexibility index (Phi) is 7.65. The Morgan fingerprint density at radius 2 is 2.15 bits per heavy atom. The maximum atomic E-state index is 11.8. The normalized spacial score (nSPS) is 10.6. The lowest BCUT2D eigenvalue weighted by molar-refractivity contribution is 0.0947. The van der Waals surface area contributed by atoms with Crippen molar-refractivity contribution in [3.8, 4) is 0 Å². The van der Waals surface area contributed by atoms with Crippen LogP contribution in [0.25, 0.3) is 0 Å². The predicted molar refractivity (Wildman–Crippen MR) is 81.0 cm³/mol. The number of anilines is 1. The SMILES string of the molecule is COCCCNc1ccc(C(=O)NCCC(C)C)nc1. The molecule has 0 aromatic carbocycles. The summed E-state index contributed by atoms with van der Waals surface area (Å²) in [6, 6.07) is 3.61. The van der Waals surface area contributed by atoms with Gasteiger partial charge in [-0.1, -0.05) is 13.8 Å². The molecule has 0 radical (unpaired) electrons. The van der Waals surface area contributed by atoms with Gasteiger partial charge in [-0.15, -0.1) is 0 Å². The van der Waals surface area contributed by atoms with Crippen LogP contribution in [-0.4, -0.2) is 37.7 Å². The fourth-order valence-electron chi connectivity index (χ4n) is 1.65. The van der Waals surface area contributed by atoms with Gasteiger partial charge in [-0.3, -0.25) is 4.79 Å². The zero-order valence-electron chi connectivity index (χ0n) is 12.6. The lowest BCUT2D eigenvalue weighted by Crippen LogP contribution is -2.26. The van der Waals surface area contributed by atoms with Crippen LogP contribution in [0.2, 0.25) is 0 Å². The standard InChI is InChI=1S/C15H25N3O2/c1-12(2)7-9-17-15(19)14-6-5-13(11-18-14)16-8-4-10-20-3/h5-6,11-12,16H,4,7-10H2,1-3H3,(H,17,19). The van der Waals surface area contributed by atoms with Gasteiger partial charge in [-0.2, -0.15) is 0 Å². The molecule has 0 aliphatic heterocycles. The number of aromatic nitrogens is 1. The monoisotopic (exact) mass is 279 g/mol. The molecule has 20 heavy (non-hydrogen) atoms. The summed E-state index contributed by atoms with van der Waals surface area (Å²) in [4.78, 5) is 16.0. The number of ether oxygens (including phenoxy) is 1. The van der Waals surface area contributed by atoms with E-state index in [0.29, 0.717) is 18.2 Å². The van der Waals surface area contributed by atoms with Crippen LogP contribution < -0.4 is 10.6 Å². The average Bonchev–Trinajstić information content (AvgIpc) is 2.44. The number of carbonyl (C=O) groups is 1. The Hall–Kier alpha value is -1.62. The van der Waals surface area contributed by atoms with Crippen LogP contribution in [0, 0.1) is 5.92 Å². The maximum Gasteiger partial charge on any atom is 0.269 e. The summed E-state index contributed by atoms with van der Waals surface area (Å²) in [6.07, 6.45) is 3.60. The molecule has 1 aromatic rings. The number of pyridine rings is 1. The highest BCUT2D eigenvalue weighted by Gasteiger charge is 2.06. The van der Waals surface area contributed by atoms with E-state index in [2.05, 4.69) is 29.5 Å². The lowest BCUT2D eigenvalue weighted by atomic mass is 10.1. The highest BCUT2D eigenvalue weighted by Crippen LogP contribution is 2.06. The first-order chi connectivity index (χ1) is 9.63. The minimum atomic E-state index is -0.114. The van der Waals surface area contributed by atoms with Crippen LogP contribution in [0.4, 0.5) is 5.69 Å². The molecule has 0 fully saturated rings. The molecule has 0 saturated heterocycles. The zero-order chi connectivity index (χ0) is 14.8. The molecule has 0 atom stereocenters. The van der Waals surface area contributed by atoms with Gasteiger partial charge in [0.2, 0.25) is 0 Å². The van der Waals surface area contributed by atoms with Gasteiger partial charge in [0, 0.05) is 26.8 Å². The number of hydrogen-bond donors (Lipinski definition) is 2. The Balaban J connectivity index is 2.35. The third-order valence-corrected chi connectivity index (χ3v) is 2.86. The molecule has 1 rings (SSSR count). The molecule has 5 heteroatoms. The van der Waals surface area contributed by atoms with E-state index >= 15 is 0 Å². The van der Waals surface area contributed by atoms with Gasteiger partial charge in [0.25, 0.3) is 5.91 Å². The van der Waals surface area contributed by atoms with Crippen molar-refractivity contribution in [2.24, 2.45) is 5.92 Å². The Morgan fingerprint density at radius 3 is 2.75 bits per heavy atom. The molecule has 1 amide bonds. The summed E-state index contributed by atoms with van der Waals surface area (Å²) < 4.78 is 4.98. The van der Waals surface area contributed by atoms with Crippen molar-refractivity contribution in [3.63, 3.8) is 0 Å². The van der Waals surface area contributed by atoms with Crippen LogP contribution in [0.15, 0.2) is 18.3 Å². The summed E-state index contributed by atoms with van der Waals surface area (Å²) in [7, 11) is 1.69. The number of methoxy groups -OCH3 is 1. The second kappa shape index (κ2) is 9.31. The number of rotatable bonds is 9. The second-order valence-electron chi connectivity index (χ2n) is 5.14. The number of amides is 1. The van der Waals surface area contributed by atoms with Crippen molar-refractivity contribution in [2.75, 3.05) is 32.1 Å². The predicted octanol–water partition coefficient (Wildman–Crippen LogP) is 2.31. The van der Waals surface area contributed by atoms with Crippen molar-refractivity contribution in [3.05, 3.63) is 24.0 Å². The number of hydrogen-bond acceptors (Lipinski definition) is 4. The highest BCUT2D eigenvalue weighted by molar-refractivity contribution is 5.92. The summed E-state index contributed by atoms with van der Waals surface area (Å²) >= 11 is 0. The molecule has 0 bridgehead atoms. The van der Waals surface area contributed by atoms with E-state index in [1.54, 1.807) is 19.4 Å². The minimum absolute atomic E-state index is 0.114. The zero-order valence-corrected chi connectivity index (χ0v) is 12.6. The molecule has 5 nitrogen and oxygen atoms in total. The van der Waals surface area contributed by atoms with E-state index in [4.69, 9.17) is 4.74 Å². The van der Waals surface area contributed by atoms with Crippen molar-refractivity contribution >= 4 is 11.6 Å². The molecule has 1 aromatic heterocycles. The number of nitrogens with one attached hydrogen (secondary N) is 2. The molecular formula is C15H25N3O2. The van der Waals surface area contributed by atoms with Crippen LogP contribution in [0.1, 0.15) is 37.2 Å². The molecule has 0 spiro atoms. The van der Waals surface area contributed by atoms with E-state index in [1.807, 2.05) is 6.07 Å². The van der Waals surface area contributed by atoms with E-state index in [-0.39, 0.29) is 5.91 Å². The van der Waals surface area contributed by atoms with Gasteiger partial charge in [0.05, 0.1) is 11.9 Å². The maximum absolute atomic E-state index is 11.8. The first-order valence-electron chi connectivity index (χ1n) is 7.10. The van der Waals surface area contributed by atoms with Gasteiger partial charge in [-0.05, 0) is 30.9 Å². The number of nitrogens with zero attached hydrogens (tertiary/aromatic N) is 1. The molecule has 1 heterocycles. The molecule has 0 aliphatic rings.